The van der Waals surface area contributed by atoms with Crippen LogP contribution >= 0.6 is 0 Å². The summed E-state index contributed by atoms with van der Waals surface area (Å²) in [6, 6.07) is 10.9. The molecule has 3 rings (SSSR count). The second-order valence-corrected chi connectivity index (χ2v) is 6.03. The molecule has 0 saturated carbocycles. The largest absolute Gasteiger partial charge is 0.417 e. The summed E-state index contributed by atoms with van der Waals surface area (Å²) >= 11 is 0. The first-order valence-electron chi connectivity index (χ1n) is 8.18. The van der Waals surface area contributed by atoms with E-state index in [-0.39, 0.29) is 24.7 Å². The zero-order valence-corrected chi connectivity index (χ0v) is 13.9. The van der Waals surface area contributed by atoms with Crippen molar-refractivity contribution in [3.63, 3.8) is 0 Å². The fourth-order valence-corrected chi connectivity index (χ4v) is 3.01. The first-order valence-corrected chi connectivity index (χ1v) is 8.18. The molecule has 1 unspecified atom stereocenters. The van der Waals surface area contributed by atoms with Gasteiger partial charge in [-0.25, -0.2) is 0 Å². The maximum absolute atomic E-state index is 13.2. The Morgan fingerprint density at radius 1 is 1.15 bits per heavy atom. The number of amides is 1. The normalized spacial score (nSPS) is 18.0. The molecule has 0 radical (unpaired) electrons. The Morgan fingerprint density at radius 2 is 1.85 bits per heavy atom. The van der Waals surface area contributed by atoms with Crippen molar-refractivity contribution in [2.45, 2.75) is 12.2 Å². The molecule has 0 aliphatic carbocycles. The highest BCUT2D eigenvalue weighted by Gasteiger charge is 2.33. The molecule has 2 aromatic carbocycles. The van der Waals surface area contributed by atoms with Crippen LogP contribution in [0.3, 0.4) is 0 Å². The minimum atomic E-state index is -4.45. The lowest BCUT2D eigenvalue weighted by Crippen LogP contribution is -2.50. The minimum absolute atomic E-state index is 0.0682. The predicted molar refractivity (Wildman–Crippen MR) is 89.6 cm³/mol. The molecule has 138 valence electrons. The first-order chi connectivity index (χ1) is 12.4. The lowest BCUT2D eigenvalue weighted by molar-refractivity contribution is -0.137. The standard InChI is InChI=1S/C19H18F3NO3/c20-19(21,22)17-4-2-1-3-16(17)13-5-7-14(8-6-13)18(25)23-9-10-26-12-15(23)11-24/h1-8,15,24H,9-12H2. The molecule has 1 aliphatic rings. The topological polar surface area (TPSA) is 49.8 Å². The van der Waals surface area contributed by atoms with Gasteiger partial charge < -0.3 is 14.7 Å². The third-order valence-electron chi connectivity index (χ3n) is 4.37. The van der Waals surface area contributed by atoms with E-state index in [1.807, 2.05) is 0 Å². The highest BCUT2D eigenvalue weighted by Crippen LogP contribution is 2.36. The fraction of sp³-hybridized carbons (Fsp3) is 0.316. The van der Waals surface area contributed by atoms with Crippen LogP contribution < -0.4 is 0 Å². The van der Waals surface area contributed by atoms with Crippen molar-refractivity contribution in [1.29, 1.82) is 0 Å². The Balaban J connectivity index is 1.87. The van der Waals surface area contributed by atoms with Crippen LogP contribution in [0.4, 0.5) is 13.2 Å². The summed E-state index contributed by atoms with van der Waals surface area (Å²) in [5.41, 5.74) is 0.0972. The number of halogens is 3. The number of alkyl halides is 3. The van der Waals surface area contributed by atoms with Gasteiger partial charge in [-0.3, -0.25) is 4.79 Å². The van der Waals surface area contributed by atoms with Gasteiger partial charge in [0.2, 0.25) is 0 Å². The number of carbonyl (C=O) groups excluding carboxylic acids is 1. The van der Waals surface area contributed by atoms with Gasteiger partial charge in [0.15, 0.2) is 0 Å². The van der Waals surface area contributed by atoms with Gasteiger partial charge in [0.05, 0.1) is 31.4 Å². The number of nitrogens with zero attached hydrogens (tertiary/aromatic N) is 1. The number of aliphatic hydroxyl groups excluding tert-OH is 1. The highest BCUT2D eigenvalue weighted by atomic mass is 19.4. The molecule has 1 amide bonds. The number of morpholine rings is 1. The number of carbonyl (C=O) groups is 1. The smallest absolute Gasteiger partial charge is 0.394 e. The molecular weight excluding hydrogens is 347 g/mol. The second kappa shape index (κ2) is 7.47. The lowest BCUT2D eigenvalue weighted by Gasteiger charge is -2.34. The Hall–Kier alpha value is -2.38. The molecule has 0 spiro atoms. The van der Waals surface area contributed by atoms with E-state index in [1.165, 1.54) is 41.3 Å². The van der Waals surface area contributed by atoms with Gasteiger partial charge in [0, 0.05) is 12.1 Å². The number of benzene rings is 2. The number of rotatable bonds is 3. The van der Waals surface area contributed by atoms with E-state index in [4.69, 9.17) is 4.74 Å². The molecule has 0 aromatic heterocycles. The molecule has 1 N–H and O–H groups in total. The number of ether oxygens (including phenoxy) is 1. The van der Waals surface area contributed by atoms with Crippen LogP contribution in [0.25, 0.3) is 11.1 Å². The quantitative estimate of drug-likeness (QED) is 0.909. The average Bonchev–Trinajstić information content (AvgIpc) is 2.67. The lowest BCUT2D eigenvalue weighted by atomic mass is 9.98. The molecule has 1 atom stereocenters. The summed E-state index contributed by atoms with van der Waals surface area (Å²) in [6.45, 7) is 0.810. The van der Waals surface area contributed by atoms with Crippen molar-refractivity contribution in [3.8, 4) is 11.1 Å². The molecule has 26 heavy (non-hydrogen) atoms. The van der Waals surface area contributed by atoms with Crippen LogP contribution in [0, 0.1) is 0 Å². The monoisotopic (exact) mass is 365 g/mol. The molecule has 1 heterocycles. The molecule has 1 fully saturated rings. The Kier molecular flexibility index (Phi) is 5.29. The van der Waals surface area contributed by atoms with Gasteiger partial charge in [-0.2, -0.15) is 13.2 Å². The molecular formula is C19H18F3NO3. The van der Waals surface area contributed by atoms with Gasteiger partial charge in [-0.1, -0.05) is 30.3 Å². The maximum atomic E-state index is 13.2. The van der Waals surface area contributed by atoms with E-state index in [9.17, 15) is 23.1 Å². The number of aliphatic hydroxyl groups is 1. The number of hydrogen-bond donors (Lipinski definition) is 1. The van der Waals surface area contributed by atoms with E-state index in [2.05, 4.69) is 0 Å². The van der Waals surface area contributed by atoms with E-state index in [0.29, 0.717) is 24.3 Å². The van der Waals surface area contributed by atoms with Crippen molar-refractivity contribution in [2.75, 3.05) is 26.4 Å². The Bertz CT molecular complexity index is 774. The van der Waals surface area contributed by atoms with Crippen LogP contribution in [0.1, 0.15) is 15.9 Å². The summed E-state index contributed by atoms with van der Waals surface area (Å²) in [6.07, 6.45) is -4.45. The van der Waals surface area contributed by atoms with E-state index < -0.39 is 17.8 Å². The van der Waals surface area contributed by atoms with Gasteiger partial charge in [0.25, 0.3) is 5.91 Å². The molecule has 7 heteroatoms. The fourth-order valence-electron chi connectivity index (χ4n) is 3.01. The van der Waals surface area contributed by atoms with Crippen molar-refractivity contribution in [1.82, 2.24) is 4.90 Å². The van der Waals surface area contributed by atoms with Crippen LogP contribution in [0.15, 0.2) is 48.5 Å². The van der Waals surface area contributed by atoms with Crippen molar-refractivity contribution >= 4 is 5.91 Å². The van der Waals surface area contributed by atoms with Gasteiger partial charge in [-0.05, 0) is 29.3 Å². The summed E-state index contributed by atoms with van der Waals surface area (Å²) < 4.78 is 44.8. The third-order valence-corrected chi connectivity index (χ3v) is 4.37. The van der Waals surface area contributed by atoms with E-state index >= 15 is 0 Å². The third kappa shape index (κ3) is 3.73. The molecule has 4 nitrogen and oxygen atoms in total. The number of hydrogen-bond acceptors (Lipinski definition) is 3. The van der Waals surface area contributed by atoms with Crippen molar-refractivity contribution in [3.05, 3.63) is 59.7 Å². The molecule has 1 aliphatic heterocycles. The van der Waals surface area contributed by atoms with Crippen molar-refractivity contribution in [2.24, 2.45) is 0 Å². The van der Waals surface area contributed by atoms with E-state index in [1.54, 1.807) is 6.07 Å². The van der Waals surface area contributed by atoms with Gasteiger partial charge in [-0.15, -0.1) is 0 Å². The van der Waals surface area contributed by atoms with E-state index in [0.717, 1.165) is 6.07 Å². The molecule has 1 saturated heterocycles. The SMILES string of the molecule is O=C(c1ccc(-c2ccccc2C(F)(F)F)cc1)N1CCOCC1CO. The first kappa shape index (κ1) is 18.4. The second-order valence-electron chi connectivity index (χ2n) is 6.03. The van der Waals surface area contributed by atoms with Gasteiger partial charge >= 0.3 is 6.18 Å². The minimum Gasteiger partial charge on any atom is -0.394 e. The Morgan fingerprint density at radius 3 is 2.50 bits per heavy atom. The summed E-state index contributed by atoms with van der Waals surface area (Å²) in [7, 11) is 0. The summed E-state index contributed by atoms with van der Waals surface area (Å²) in [5, 5.41) is 9.38. The zero-order valence-electron chi connectivity index (χ0n) is 13.9. The average molecular weight is 365 g/mol. The maximum Gasteiger partial charge on any atom is 0.417 e. The van der Waals surface area contributed by atoms with Crippen molar-refractivity contribution < 1.29 is 27.8 Å². The summed E-state index contributed by atoms with van der Waals surface area (Å²) in [4.78, 5) is 14.2. The molecule has 2 aromatic rings. The van der Waals surface area contributed by atoms with Crippen LogP contribution in [0.5, 0.6) is 0 Å². The zero-order chi connectivity index (χ0) is 18.7. The van der Waals surface area contributed by atoms with Crippen LogP contribution in [-0.2, 0) is 10.9 Å². The summed E-state index contributed by atoms with van der Waals surface area (Å²) in [5.74, 6) is -0.275. The predicted octanol–water partition coefficient (Wildman–Crippen LogP) is 3.21. The van der Waals surface area contributed by atoms with Crippen LogP contribution in [-0.4, -0.2) is 48.3 Å². The highest BCUT2D eigenvalue weighted by molar-refractivity contribution is 5.95. The Labute approximate surface area is 148 Å². The molecule has 0 bridgehead atoms. The van der Waals surface area contributed by atoms with Crippen LogP contribution in [0.2, 0.25) is 0 Å². The van der Waals surface area contributed by atoms with Gasteiger partial charge in [0.1, 0.15) is 0 Å².